The molecule has 1 nitrogen and oxygen atoms in total. The average Bonchev–Trinajstić information content (AvgIpc) is 1.01. The molecule has 794 valence electrons. The Morgan fingerprint density at radius 3 is 0.130 bits per heavy atom. The fraction of sp³-hybridized carbons (Fsp3) is 0.969. The van der Waals surface area contributed by atoms with E-state index >= 15 is 0 Å². The zero-order chi connectivity index (χ0) is 110. The summed E-state index contributed by atoms with van der Waals surface area (Å²) in [5.41, 5.74) is 0. The van der Waals surface area contributed by atoms with E-state index in [1.807, 2.05) is 0 Å². The molecule has 0 bridgehead atoms. The first-order valence-electron chi connectivity index (χ1n) is 20.5. The molecule has 0 saturated carbocycles. The van der Waals surface area contributed by atoms with Crippen LogP contribution in [0.3, 0.4) is 0 Å². The van der Waals surface area contributed by atoms with Crippen LogP contribution in [-0.4, -0.2) is 128 Å². The van der Waals surface area contributed by atoms with Gasteiger partial charge in [-0.15, -0.1) is 0 Å². The van der Waals surface area contributed by atoms with Crippen LogP contribution in [0.25, 0.3) is 0 Å². The second-order valence-electron chi connectivity index (χ2n) is 8.13. The van der Waals surface area contributed by atoms with E-state index in [0.717, 1.165) is 0 Å². The van der Waals surface area contributed by atoms with Gasteiger partial charge in [0.15, 0.2) is 125 Å². The third-order valence-corrected chi connectivity index (χ3v) is 0.680. The van der Waals surface area contributed by atoms with Gasteiger partial charge in [-0.3, -0.25) is 0 Å². The van der Waals surface area contributed by atoms with Crippen molar-refractivity contribution in [2.45, 2.75) is 135 Å². The number of halogens is 90. The summed E-state index contributed by atoms with van der Waals surface area (Å²) in [5.74, 6) is 0. The highest BCUT2D eigenvalue weighted by Gasteiger charge is 2.17. The molecule has 0 unspecified atom stereocenters. The number of rotatable bonds is 0. The topological polar surface area (TPSA) is 23.8 Å². The summed E-state index contributed by atoms with van der Waals surface area (Å²) in [6.45, 7) is 0. The molecule has 0 heterocycles. The molecule has 0 rings (SSSR count). The Morgan fingerprint density at radius 1 is 0.106 bits per heavy atom. The van der Waals surface area contributed by atoms with Crippen molar-refractivity contribution in [3.05, 3.63) is 0 Å². The summed E-state index contributed by atoms with van der Waals surface area (Å²) in [6, 6.07) is 1.71. The van der Waals surface area contributed by atoms with Crippen molar-refractivity contribution in [3.63, 3.8) is 0 Å². The Morgan fingerprint density at radius 2 is 0.130 bits per heavy atom. The summed E-state index contributed by atoms with van der Waals surface area (Å²) in [7, 11) is 0. The molecule has 91 heteroatoms. The van der Waals surface area contributed by atoms with Gasteiger partial charge in [-0.05, 0) is 0 Å². The minimum absolute atomic E-state index is 0.0579. The first-order chi connectivity index (χ1) is 53.3. The largest absolute Gasteiger partial charge is 0.203 e. The van der Waals surface area contributed by atoms with Gasteiger partial charge in [0.05, 0.1) is 12.5 Å². The van der Waals surface area contributed by atoms with E-state index in [1.165, 1.54) is 0 Å². The maximum atomic E-state index is 7.90. The van der Waals surface area contributed by atoms with Crippen LogP contribution in [0.5, 0.6) is 0 Å². The Bertz CT molecular complexity index is 859. The third kappa shape index (κ3) is 3570. The number of nitrogens with zero attached hydrogens (tertiary/aromatic N) is 1. The summed E-state index contributed by atoms with van der Waals surface area (Å²) in [6.07, 6.45) is -0.0579. The van der Waals surface area contributed by atoms with Crippen molar-refractivity contribution in [1.82, 2.24) is 0 Å². The van der Waals surface area contributed by atoms with Crippen molar-refractivity contribution in [2.75, 3.05) is 0 Å². The molecule has 0 N–H and O–H groups in total. The van der Waals surface area contributed by atoms with Crippen LogP contribution < -0.4 is 0 Å². The lowest BCUT2D eigenvalue weighted by Crippen LogP contribution is -1.97. The molecule has 0 amide bonds. The SMILES string of the molecule is ClC(Cl)Cl.ClC(Cl)Cl.ClC(Cl)Cl.ClC(Cl)Cl.ClC(Cl)Cl.ClC(Cl)Cl.ClC(Cl)Cl.ClC(Cl)Cl.ClC(Cl)Cl.ClC(Cl)Cl.ClC(Cl)Cl.ClC(Cl)Cl.ClC(Cl)Cl.ClC(Cl)Cl.ClC(Cl)Cl.ClC(Cl)Cl.ClC(Cl)Cl.ClC(Cl)Cl.ClC(Cl)Cl.ClC(Cl)Cl.ClC(Cl)Cl.ClC(Cl)Cl.ClC(Cl)Cl.ClC(Cl)Cl.ClC(Cl)Cl.ClC(Cl)Cl.ClC(Cl)Cl.ClC(Cl)Cl.ClC(Cl)Cl.N#CCC(Cl)(Cl)Cl. The van der Waals surface area contributed by atoms with E-state index in [-0.39, 0.29) is 6.42 Å². The van der Waals surface area contributed by atoms with Gasteiger partial charge >= 0.3 is 0 Å². The number of hydrogen-bond donors (Lipinski definition) is 0. The second kappa shape index (κ2) is 218. The molecule has 123 heavy (non-hydrogen) atoms. The van der Waals surface area contributed by atoms with Crippen LogP contribution in [-0.2, 0) is 0 Å². The summed E-state index contributed by atoms with van der Waals surface area (Å²) >= 11 is 434. The first-order valence-corrected chi connectivity index (χ1v) is 59.6. The van der Waals surface area contributed by atoms with Crippen molar-refractivity contribution >= 4 is 1040 Å². The maximum absolute atomic E-state index is 7.90. The minimum Gasteiger partial charge on any atom is -0.198 e. The maximum Gasteiger partial charge on any atom is 0.203 e. The van der Waals surface area contributed by atoms with Gasteiger partial charge in [0.2, 0.25) is 3.79 Å². The van der Waals surface area contributed by atoms with Crippen LogP contribution in [0.15, 0.2) is 0 Å². The van der Waals surface area contributed by atoms with Crippen molar-refractivity contribution < 1.29 is 0 Å². The van der Waals surface area contributed by atoms with Gasteiger partial charge in [-0.2, -0.15) is 5.26 Å². The van der Waals surface area contributed by atoms with Gasteiger partial charge in [-0.1, -0.05) is 1040 Å². The molecule has 0 radical (unpaired) electrons. The van der Waals surface area contributed by atoms with Crippen LogP contribution >= 0.6 is 1040 Å². The standard InChI is InChI=1S/C3H2Cl3N.29CHCl3/c4-3(5,6)1-2-7;29*2-1(3)4/h1H2;29*1H. The second-order valence-corrected chi connectivity index (χ2v) is 68.0. The molecule has 0 atom stereocenters. The zero-order valence-corrected chi connectivity index (χ0v) is 121. The molecule has 0 aromatic carbocycles. The quantitative estimate of drug-likeness (QED) is 0.222. The Labute approximate surface area is 1170 Å². The third-order valence-electron chi connectivity index (χ3n) is 0.280. The predicted octanol–water partition coefficient (Wildman–Crippen LogP) is 59.9. The van der Waals surface area contributed by atoms with Crippen LogP contribution in [0.1, 0.15) is 6.42 Å². The molecule has 0 aliphatic heterocycles. The highest BCUT2D eigenvalue weighted by molar-refractivity contribution is 6.74. The molecular weight excluding hydrogens is 3590 g/mol. The van der Waals surface area contributed by atoms with Gasteiger partial charge in [0, 0.05) is 0 Å². The summed E-state index contributed by atoms with van der Waals surface area (Å²) in [5, 5.41) is 7.90. The van der Waals surface area contributed by atoms with E-state index < -0.39 is 128 Å². The zero-order valence-electron chi connectivity index (χ0n) is 52.9. The number of alkyl halides is 90. The predicted molar refractivity (Wildman–Crippen MR) is 650 cm³/mol. The molecular formula is C32H31Cl90N. The molecule has 0 aliphatic carbocycles. The summed E-state index contributed by atoms with van der Waals surface area (Å²) < 4.78 is -23.1. The average molecular weight is 3620 g/mol. The molecule has 0 fully saturated rings. The fourth-order valence-electron chi connectivity index (χ4n) is 0.0896. The highest BCUT2D eigenvalue weighted by atomic mass is 35.7. The Balaban J connectivity index is -0.0000000260. The number of hydrogen-bond acceptors (Lipinski definition) is 1. The van der Waals surface area contributed by atoms with E-state index in [9.17, 15) is 0 Å². The van der Waals surface area contributed by atoms with E-state index in [0.29, 0.717) is 0 Å². The first kappa shape index (κ1) is 230. The molecule has 0 aliphatic rings. The van der Waals surface area contributed by atoms with Gasteiger partial charge in [0.25, 0.3) is 0 Å². The smallest absolute Gasteiger partial charge is 0.198 e. The van der Waals surface area contributed by atoms with E-state index in [2.05, 4.69) is 0 Å². The van der Waals surface area contributed by atoms with Crippen LogP contribution in [0.4, 0.5) is 0 Å². The molecule has 0 saturated heterocycles. The number of nitriles is 1. The van der Waals surface area contributed by atoms with Crippen LogP contribution in [0.2, 0.25) is 0 Å². The Hall–Kier alpha value is 25.6. The van der Waals surface area contributed by atoms with Crippen molar-refractivity contribution in [2.24, 2.45) is 0 Å². The van der Waals surface area contributed by atoms with E-state index in [1.54, 1.807) is 6.07 Å². The fourth-order valence-corrected chi connectivity index (χ4v) is 0.269. The van der Waals surface area contributed by atoms with Gasteiger partial charge < -0.3 is 0 Å². The normalized spacial score (nSPS) is 9.09. The molecule has 0 aromatic rings. The van der Waals surface area contributed by atoms with Crippen molar-refractivity contribution in [3.8, 4) is 6.07 Å². The molecule has 0 aromatic heterocycles. The van der Waals surface area contributed by atoms with E-state index in [4.69, 9.17) is 1050 Å². The highest BCUT2D eigenvalue weighted by Crippen LogP contribution is 2.29. The summed E-state index contributed by atoms with van der Waals surface area (Å²) in [4.78, 5) is 0. The lowest BCUT2D eigenvalue weighted by molar-refractivity contribution is 1.08. The van der Waals surface area contributed by atoms with Gasteiger partial charge in [0.1, 0.15) is 0 Å². The van der Waals surface area contributed by atoms with Crippen LogP contribution in [0, 0.1) is 11.3 Å². The molecule has 0 spiro atoms. The minimum atomic E-state index is -1.39. The monoisotopic (exact) mass is 3580 g/mol. The van der Waals surface area contributed by atoms with Gasteiger partial charge in [-0.25, -0.2) is 0 Å². The Kier molecular flexibility index (Phi) is 408. The lowest BCUT2D eigenvalue weighted by Gasteiger charge is -2.00. The van der Waals surface area contributed by atoms with Crippen molar-refractivity contribution in [1.29, 1.82) is 5.26 Å². The lowest BCUT2D eigenvalue weighted by atomic mass is 10.5.